The SMILES string of the molecule is O=BO.O=BO.[Eu]. The molecule has 0 unspecified atom stereocenters. The second-order valence-corrected chi connectivity index (χ2v) is 0.211. The molecule has 0 saturated carbocycles. The van der Waals surface area contributed by atoms with E-state index in [4.69, 9.17) is 19.5 Å². The Kier molecular flexibility index (Phi) is 63.7. The normalized spacial score (nSPS) is 2.29. The molecule has 0 spiro atoms. The van der Waals surface area contributed by atoms with Crippen LogP contribution in [0, 0.1) is 49.4 Å². The Hall–Kier alpha value is 0.914. The van der Waals surface area contributed by atoms with Gasteiger partial charge in [0, 0.05) is 49.4 Å². The minimum absolute atomic E-state index is 0. The van der Waals surface area contributed by atoms with E-state index in [0.717, 1.165) is 0 Å². The fraction of sp³-hybridized carbons (Fsp3) is 0. The first-order valence-corrected chi connectivity index (χ1v) is 0.988. The van der Waals surface area contributed by atoms with Gasteiger partial charge in [0.05, 0.1) is 0 Å². The van der Waals surface area contributed by atoms with E-state index in [1.54, 1.807) is 0 Å². The van der Waals surface area contributed by atoms with Gasteiger partial charge in [-0.2, -0.15) is 0 Å². The molecular formula is H2B2EuO4. The smallest absolute Gasteiger partial charge is 0 e. The molecule has 2 N–H and O–H groups in total. The monoisotopic (exact) mass is 241 g/mol. The Morgan fingerprint density at radius 1 is 1.00 bits per heavy atom. The van der Waals surface area contributed by atoms with Crippen LogP contribution in [0.3, 0.4) is 0 Å². The van der Waals surface area contributed by atoms with E-state index in [1.165, 1.54) is 0 Å². The first-order valence-electron chi connectivity index (χ1n) is 0.988. The number of hydrogen-bond donors (Lipinski definition) is 2. The minimum atomic E-state index is -0.250. The Morgan fingerprint density at radius 2 is 1.00 bits per heavy atom. The molecular weight excluding hydrogens is 238 g/mol. The maximum atomic E-state index is 8.36. The summed E-state index contributed by atoms with van der Waals surface area (Å²) < 4.78 is 16.7. The van der Waals surface area contributed by atoms with Crippen molar-refractivity contribution in [2.75, 3.05) is 0 Å². The summed E-state index contributed by atoms with van der Waals surface area (Å²) in [6.45, 7) is 0. The van der Waals surface area contributed by atoms with Gasteiger partial charge < -0.3 is 0 Å². The zero-order valence-electron chi connectivity index (χ0n) is 3.24. The van der Waals surface area contributed by atoms with Crippen LogP contribution in [0.2, 0.25) is 0 Å². The van der Waals surface area contributed by atoms with Crippen molar-refractivity contribution in [2.45, 2.75) is 0 Å². The molecule has 4 nitrogen and oxygen atoms in total. The van der Waals surface area contributed by atoms with Crippen LogP contribution in [-0.2, 0) is 9.41 Å². The van der Waals surface area contributed by atoms with Gasteiger partial charge in [-0.25, -0.2) is 0 Å². The van der Waals surface area contributed by atoms with Gasteiger partial charge in [0.1, 0.15) is 0 Å². The van der Waals surface area contributed by atoms with Gasteiger partial charge in [0.2, 0.25) is 0 Å². The summed E-state index contributed by atoms with van der Waals surface area (Å²) in [5.41, 5.74) is 0. The molecule has 1 radical (unpaired) electrons. The fourth-order valence-electron chi connectivity index (χ4n) is 0. The van der Waals surface area contributed by atoms with E-state index in [2.05, 4.69) is 0 Å². The quantitative estimate of drug-likeness (QED) is 0.475. The summed E-state index contributed by atoms with van der Waals surface area (Å²) in [6, 6.07) is 0. The molecule has 0 bridgehead atoms. The molecule has 0 aliphatic carbocycles. The summed E-state index contributed by atoms with van der Waals surface area (Å²) >= 11 is 0. The molecule has 7 heteroatoms. The van der Waals surface area contributed by atoms with E-state index in [-0.39, 0.29) is 64.1 Å². The first-order chi connectivity index (χ1) is 2.83. The third-order valence-corrected chi connectivity index (χ3v) is 0. The molecule has 0 heterocycles. The second-order valence-electron chi connectivity index (χ2n) is 0.211. The molecule has 0 fully saturated rings. The van der Waals surface area contributed by atoms with Crippen LogP contribution in [-0.4, -0.2) is 24.8 Å². The molecule has 0 aliphatic rings. The predicted molar refractivity (Wildman–Crippen MR) is 17.3 cm³/mol. The van der Waals surface area contributed by atoms with E-state index < -0.39 is 0 Å². The van der Waals surface area contributed by atoms with Crippen molar-refractivity contribution < 1.29 is 68.8 Å². The van der Waals surface area contributed by atoms with Crippen molar-refractivity contribution in [1.82, 2.24) is 0 Å². The Bertz CT molecular complexity index is 30.7. The van der Waals surface area contributed by atoms with Crippen LogP contribution in [0.4, 0.5) is 0 Å². The van der Waals surface area contributed by atoms with Gasteiger partial charge in [-0.3, -0.25) is 0 Å². The maximum Gasteiger partial charge on any atom is 0 e. The molecule has 0 aromatic carbocycles. The third-order valence-electron chi connectivity index (χ3n) is 0. The zero-order chi connectivity index (χ0) is 5.41. The molecule has 0 atom stereocenters. The summed E-state index contributed by atoms with van der Waals surface area (Å²) in [4.78, 5) is 0. The number of hydrogen-bond acceptors (Lipinski definition) is 2. The Balaban J connectivity index is -0.0000000400. The summed E-state index contributed by atoms with van der Waals surface area (Å²) in [7, 11) is -0.500. The van der Waals surface area contributed by atoms with E-state index in [0.29, 0.717) is 0 Å². The maximum absolute atomic E-state index is 8.36. The first kappa shape index (κ1) is 15.7. The molecule has 7 heavy (non-hydrogen) atoms. The molecule has 0 aliphatic heterocycles. The summed E-state index contributed by atoms with van der Waals surface area (Å²) in [6.07, 6.45) is 0. The average Bonchev–Trinajstić information content (AvgIpc) is 1.39. The standard InChI is InChI=1S/2BHO2.Eu/c2*2-1-3;/h2*2H;. The molecule has 0 aromatic rings. The van der Waals surface area contributed by atoms with Crippen molar-refractivity contribution in [3.63, 3.8) is 0 Å². The van der Waals surface area contributed by atoms with Crippen molar-refractivity contribution >= 4 is 14.7 Å². The van der Waals surface area contributed by atoms with Crippen molar-refractivity contribution in [1.29, 1.82) is 0 Å². The van der Waals surface area contributed by atoms with E-state index >= 15 is 0 Å². The second kappa shape index (κ2) is 28.5. The summed E-state index contributed by atoms with van der Waals surface area (Å²) in [5.74, 6) is 0. The van der Waals surface area contributed by atoms with Crippen LogP contribution in [0.5, 0.6) is 0 Å². The van der Waals surface area contributed by atoms with Crippen molar-refractivity contribution in [2.24, 2.45) is 0 Å². The van der Waals surface area contributed by atoms with Crippen molar-refractivity contribution in [3.05, 3.63) is 0 Å². The van der Waals surface area contributed by atoms with Crippen molar-refractivity contribution in [3.8, 4) is 0 Å². The average molecular weight is 240 g/mol. The van der Waals surface area contributed by atoms with Crippen LogP contribution < -0.4 is 0 Å². The molecule has 0 saturated heterocycles. The van der Waals surface area contributed by atoms with Gasteiger partial charge in [-0.15, -0.1) is 0 Å². The molecule has 0 aromatic heterocycles. The molecule has 39 valence electrons. The predicted octanol–water partition coefficient (Wildman–Crippen LogP) is -2.11. The molecule has 0 amide bonds. The van der Waals surface area contributed by atoms with Gasteiger partial charge in [0.15, 0.2) is 0 Å². The molecule has 0 rings (SSSR count). The topological polar surface area (TPSA) is 74.6 Å². The van der Waals surface area contributed by atoms with Gasteiger partial charge in [0.25, 0.3) is 0 Å². The Morgan fingerprint density at radius 3 is 1.00 bits per heavy atom. The van der Waals surface area contributed by atoms with Crippen LogP contribution in [0.15, 0.2) is 0 Å². The fourth-order valence-corrected chi connectivity index (χ4v) is 0. The third kappa shape index (κ3) is 200. The Labute approximate surface area is 82.4 Å². The van der Waals surface area contributed by atoms with E-state index in [9.17, 15) is 0 Å². The number of rotatable bonds is 0. The van der Waals surface area contributed by atoms with Gasteiger partial charge >= 0.3 is 34.2 Å². The van der Waals surface area contributed by atoms with Crippen LogP contribution in [0.25, 0.3) is 0 Å². The van der Waals surface area contributed by atoms with Gasteiger partial charge in [-0.1, -0.05) is 0 Å². The summed E-state index contributed by atoms with van der Waals surface area (Å²) in [5, 5.41) is 13.8. The largest absolute Gasteiger partial charge is 0 e. The van der Waals surface area contributed by atoms with E-state index in [1.807, 2.05) is 0 Å². The van der Waals surface area contributed by atoms with Crippen LogP contribution in [0.1, 0.15) is 0 Å². The van der Waals surface area contributed by atoms with Crippen LogP contribution >= 0.6 is 0 Å². The van der Waals surface area contributed by atoms with Gasteiger partial charge in [-0.05, 0) is 0 Å². The zero-order valence-corrected chi connectivity index (χ0v) is 5.67. The minimum Gasteiger partial charge on any atom is 0 e.